The van der Waals surface area contributed by atoms with Crippen LogP contribution in [0.4, 0.5) is 0 Å². The van der Waals surface area contributed by atoms with Crippen molar-refractivity contribution in [2.24, 2.45) is 0 Å². The Kier molecular flexibility index (Phi) is 10.7. The number of unbranched alkanes of at least 4 members (excludes halogenated alkanes) is 2. The van der Waals surface area contributed by atoms with E-state index in [9.17, 15) is 0 Å². The van der Waals surface area contributed by atoms with Gasteiger partial charge in [0.1, 0.15) is 4.84 Å². The summed E-state index contributed by atoms with van der Waals surface area (Å²) in [6.07, 6.45) is 16.8. The molecule has 0 aromatic heterocycles. The van der Waals surface area contributed by atoms with Crippen LogP contribution in [0.25, 0.3) is 0 Å². The van der Waals surface area contributed by atoms with Gasteiger partial charge in [-0.1, -0.05) is 36.5 Å². The number of halogens is 2. The third-order valence-corrected chi connectivity index (χ3v) is 1.97. The zero-order valence-electron chi connectivity index (χ0n) is 8.63. The van der Waals surface area contributed by atoms with Crippen molar-refractivity contribution in [2.45, 2.75) is 37.4 Å². The Bertz CT molecular complexity index is 190. The highest BCUT2D eigenvalue weighted by molar-refractivity contribution is 6.45. The fourth-order valence-electron chi connectivity index (χ4n) is 0.986. The van der Waals surface area contributed by atoms with Crippen molar-refractivity contribution in [2.75, 3.05) is 0 Å². The number of hydrogen-bond acceptors (Lipinski definition) is 0. The van der Waals surface area contributed by atoms with Gasteiger partial charge in [-0.05, 0) is 32.6 Å². The first-order valence-electron chi connectivity index (χ1n) is 4.98. The Labute approximate surface area is 97.3 Å². The molecule has 0 aliphatic rings. The number of alkyl halides is 2. The molecule has 0 amide bonds. The average molecular weight is 233 g/mol. The lowest BCUT2D eigenvalue weighted by Gasteiger charge is -1.89. The molecule has 0 N–H and O–H groups in total. The molecular formula is C12H18Cl2. The first-order valence-corrected chi connectivity index (χ1v) is 5.85. The number of allylic oxidation sites excluding steroid dienone is 6. The Morgan fingerprint density at radius 3 is 1.86 bits per heavy atom. The molecule has 0 fully saturated rings. The molecule has 0 saturated carbocycles. The summed E-state index contributed by atoms with van der Waals surface area (Å²) in [6, 6.07) is 0. The van der Waals surface area contributed by atoms with Crippen LogP contribution in [0.15, 0.2) is 36.5 Å². The monoisotopic (exact) mass is 232 g/mol. The summed E-state index contributed by atoms with van der Waals surface area (Å²) in [5, 5.41) is 0. The zero-order chi connectivity index (χ0) is 10.6. The van der Waals surface area contributed by atoms with E-state index in [1.54, 1.807) is 6.08 Å². The van der Waals surface area contributed by atoms with Crippen molar-refractivity contribution in [1.29, 1.82) is 0 Å². The van der Waals surface area contributed by atoms with Crippen molar-refractivity contribution in [3.05, 3.63) is 36.5 Å². The molecule has 2 heteroatoms. The molecule has 0 aliphatic heterocycles. The zero-order valence-corrected chi connectivity index (χ0v) is 10.1. The third-order valence-electron chi connectivity index (χ3n) is 1.68. The quantitative estimate of drug-likeness (QED) is 0.328. The van der Waals surface area contributed by atoms with E-state index >= 15 is 0 Å². The van der Waals surface area contributed by atoms with Gasteiger partial charge in [0.15, 0.2) is 0 Å². The minimum absolute atomic E-state index is 0.367. The summed E-state index contributed by atoms with van der Waals surface area (Å²) in [7, 11) is 0. The molecule has 0 heterocycles. The largest absolute Gasteiger partial charge is 0.125 e. The van der Waals surface area contributed by atoms with Gasteiger partial charge in [0.05, 0.1) is 0 Å². The van der Waals surface area contributed by atoms with Crippen LogP contribution in [0, 0.1) is 0 Å². The van der Waals surface area contributed by atoms with Crippen molar-refractivity contribution in [1.82, 2.24) is 0 Å². The summed E-state index contributed by atoms with van der Waals surface area (Å²) in [6.45, 7) is 2.04. The molecule has 14 heavy (non-hydrogen) atoms. The van der Waals surface area contributed by atoms with Crippen molar-refractivity contribution < 1.29 is 0 Å². The molecule has 0 nitrogen and oxygen atoms in total. The van der Waals surface area contributed by atoms with E-state index in [4.69, 9.17) is 23.2 Å². The molecular weight excluding hydrogens is 215 g/mol. The van der Waals surface area contributed by atoms with Gasteiger partial charge in [-0.25, -0.2) is 0 Å². The van der Waals surface area contributed by atoms with Gasteiger partial charge in [0.25, 0.3) is 0 Å². The minimum atomic E-state index is -0.367. The van der Waals surface area contributed by atoms with E-state index in [-0.39, 0.29) is 4.84 Å². The second kappa shape index (κ2) is 10.9. The number of hydrogen-bond donors (Lipinski definition) is 0. The van der Waals surface area contributed by atoms with E-state index in [0.29, 0.717) is 0 Å². The van der Waals surface area contributed by atoms with Crippen molar-refractivity contribution in [3.63, 3.8) is 0 Å². The fraction of sp³-hybridized carbons (Fsp3) is 0.500. The van der Waals surface area contributed by atoms with Crippen LogP contribution in [0.3, 0.4) is 0 Å². The van der Waals surface area contributed by atoms with Gasteiger partial charge in [-0.3, -0.25) is 0 Å². The summed E-state index contributed by atoms with van der Waals surface area (Å²) >= 11 is 11.1. The topological polar surface area (TPSA) is 0 Å². The summed E-state index contributed by atoms with van der Waals surface area (Å²) in [4.78, 5) is -0.367. The van der Waals surface area contributed by atoms with E-state index in [1.807, 2.05) is 13.0 Å². The molecule has 0 aliphatic carbocycles. The highest BCUT2D eigenvalue weighted by Gasteiger charge is 1.86. The van der Waals surface area contributed by atoms with Gasteiger partial charge in [-0.15, -0.1) is 23.2 Å². The summed E-state index contributed by atoms with van der Waals surface area (Å²) in [5.74, 6) is 0. The van der Waals surface area contributed by atoms with Crippen LogP contribution in [-0.4, -0.2) is 4.84 Å². The SMILES string of the molecule is C/C=C\CC/C=C/CC/C=C/C(Cl)Cl. The van der Waals surface area contributed by atoms with E-state index in [1.165, 1.54) is 0 Å². The first kappa shape index (κ1) is 13.8. The standard InChI is InChI=1S/C12H18Cl2/c1-2-3-4-5-6-7-8-9-10-11-12(13)14/h2-3,6-7,10-12H,4-5,8-9H2,1H3/b3-2-,7-6+,11-10+. The maximum atomic E-state index is 5.53. The van der Waals surface area contributed by atoms with Crippen molar-refractivity contribution >= 4 is 23.2 Å². The smallest absolute Gasteiger partial charge is 0.101 e. The number of rotatable bonds is 7. The van der Waals surface area contributed by atoms with Crippen LogP contribution >= 0.6 is 23.2 Å². The first-order chi connectivity index (χ1) is 6.77. The Morgan fingerprint density at radius 2 is 1.36 bits per heavy atom. The van der Waals surface area contributed by atoms with E-state index in [2.05, 4.69) is 24.3 Å². The molecule has 0 radical (unpaired) electrons. The maximum Gasteiger partial charge on any atom is 0.125 e. The Hall–Kier alpha value is -0.200. The highest BCUT2D eigenvalue weighted by atomic mass is 35.5. The van der Waals surface area contributed by atoms with Gasteiger partial charge in [0, 0.05) is 0 Å². The highest BCUT2D eigenvalue weighted by Crippen LogP contribution is 2.04. The molecule has 80 valence electrons. The molecule has 0 aromatic carbocycles. The predicted molar refractivity (Wildman–Crippen MR) is 67.1 cm³/mol. The van der Waals surface area contributed by atoms with Gasteiger partial charge in [0.2, 0.25) is 0 Å². The van der Waals surface area contributed by atoms with Gasteiger partial charge in [-0.2, -0.15) is 0 Å². The minimum Gasteiger partial charge on any atom is -0.101 e. The molecule has 0 spiro atoms. The lowest BCUT2D eigenvalue weighted by Crippen LogP contribution is -1.75. The van der Waals surface area contributed by atoms with Crippen LogP contribution < -0.4 is 0 Å². The summed E-state index contributed by atoms with van der Waals surface area (Å²) in [5.41, 5.74) is 0. The predicted octanol–water partition coefficient (Wildman–Crippen LogP) is 5.04. The lowest BCUT2D eigenvalue weighted by atomic mass is 10.2. The second-order valence-electron chi connectivity index (χ2n) is 2.96. The molecule has 0 aromatic rings. The lowest BCUT2D eigenvalue weighted by molar-refractivity contribution is 1.00. The molecule has 0 bridgehead atoms. The van der Waals surface area contributed by atoms with Crippen LogP contribution in [0.2, 0.25) is 0 Å². The molecule has 0 rings (SSSR count). The maximum absolute atomic E-state index is 5.53. The van der Waals surface area contributed by atoms with Crippen molar-refractivity contribution in [3.8, 4) is 0 Å². The Morgan fingerprint density at radius 1 is 0.857 bits per heavy atom. The van der Waals surface area contributed by atoms with Gasteiger partial charge < -0.3 is 0 Å². The van der Waals surface area contributed by atoms with Crippen LogP contribution in [0.1, 0.15) is 32.6 Å². The summed E-state index contributed by atoms with van der Waals surface area (Å²) < 4.78 is 0. The second-order valence-corrected chi connectivity index (χ2v) is 4.12. The Balaban J connectivity index is 3.27. The van der Waals surface area contributed by atoms with Crippen LogP contribution in [0.5, 0.6) is 0 Å². The molecule has 0 saturated heterocycles. The van der Waals surface area contributed by atoms with Crippen LogP contribution in [-0.2, 0) is 0 Å². The average Bonchev–Trinajstić information content (AvgIpc) is 2.15. The third kappa shape index (κ3) is 11.8. The molecule has 0 unspecified atom stereocenters. The molecule has 0 atom stereocenters. The van der Waals surface area contributed by atoms with Gasteiger partial charge >= 0.3 is 0 Å². The van der Waals surface area contributed by atoms with E-state index < -0.39 is 0 Å². The normalized spacial score (nSPS) is 12.9. The van der Waals surface area contributed by atoms with E-state index in [0.717, 1.165) is 25.7 Å². The fourth-order valence-corrected chi connectivity index (χ4v) is 1.19.